The van der Waals surface area contributed by atoms with Crippen molar-refractivity contribution in [2.24, 2.45) is 17.6 Å². The minimum Gasteiger partial charge on any atom is -0.328 e. The monoisotopic (exact) mass is 181 g/mol. The topological polar surface area (TPSA) is 26.0 Å². The molecule has 2 aliphatic carbocycles. The largest absolute Gasteiger partial charge is 0.328 e. The average molecular weight is 181 g/mol. The Hall–Kier alpha value is -0.0400. The molecule has 1 heteroatoms. The van der Waals surface area contributed by atoms with Crippen molar-refractivity contribution >= 4 is 0 Å². The zero-order chi connectivity index (χ0) is 9.10. The molecule has 13 heavy (non-hydrogen) atoms. The Bertz CT molecular complexity index is 149. The average Bonchev–Trinajstić information content (AvgIpc) is 2.19. The first kappa shape index (κ1) is 9.51. The quantitative estimate of drug-likeness (QED) is 0.661. The molecule has 2 N–H and O–H groups in total. The fraction of sp³-hybridized carbons (Fsp3) is 1.00. The van der Waals surface area contributed by atoms with Crippen LogP contribution in [-0.2, 0) is 0 Å². The normalized spacial score (nSPS) is 37.6. The van der Waals surface area contributed by atoms with Crippen molar-refractivity contribution < 1.29 is 0 Å². The van der Waals surface area contributed by atoms with E-state index in [1.165, 1.54) is 57.8 Å². The van der Waals surface area contributed by atoms with E-state index in [1.54, 1.807) is 0 Å². The summed E-state index contributed by atoms with van der Waals surface area (Å²) in [5.41, 5.74) is 6.03. The van der Waals surface area contributed by atoms with Gasteiger partial charge in [0.05, 0.1) is 0 Å². The summed E-state index contributed by atoms with van der Waals surface area (Å²) in [5.74, 6) is 2.03. The van der Waals surface area contributed by atoms with E-state index in [1.807, 2.05) is 0 Å². The number of nitrogens with two attached hydrogens (primary N) is 1. The molecule has 1 unspecified atom stereocenters. The van der Waals surface area contributed by atoms with Crippen molar-refractivity contribution in [3.8, 4) is 0 Å². The summed E-state index contributed by atoms with van der Waals surface area (Å²) in [6.07, 6.45) is 12.9. The van der Waals surface area contributed by atoms with Gasteiger partial charge in [-0.25, -0.2) is 0 Å². The molecule has 0 radical (unpaired) electrons. The van der Waals surface area contributed by atoms with Crippen LogP contribution in [0.3, 0.4) is 0 Å². The third kappa shape index (κ3) is 2.46. The van der Waals surface area contributed by atoms with Gasteiger partial charge >= 0.3 is 0 Å². The van der Waals surface area contributed by atoms with Crippen molar-refractivity contribution in [2.75, 3.05) is 0 Å². The summed E-state index contributed by atoms with van der Waals surface area (Å²) < 4.78 is 0. The molecule has 0 saturated heterocycles. The Morgan fingerprint density at radius 3 is 2.08 bits per heavy atom. The van der Waals surface area contributed by atoms with Crippen LogP contribution in [0.1, 0.15) is 57.8 Å². The summed E-state index contributed by atoms with van der Waals surface area (Å²) in [6.45, 7) is 0. The van der Waals surface area contributed by atoms with E-state index >= 15 is 0 Å². The smallest absolute Gasteiger partial charge is 0.00415 e. The van der Waals surface area contributed by atoms with Gasteiger partial charge in [-0.05, 0) is 24.7 Å². The van der Waals surface area contributed by atoms with Gasteiger partial charge in [0.15, 0.2) is 0 Å². The van der Waals surface area contributed by atoms with Gasteiger partial charge in [0, 0.05) is 6.04 Å². The van der Waals surface area contributed by atoms with Crippen LogP contribution >= 0.6 is 0 Å². The fourth-order valence-electron chi connectivity index (χ4n) is 3.30. The number of hydrogen-bond donors (Lipinski definition) is 1. The molecule has 0 aliphatic heterocycles. The number of hydrogen-bond acceptors (Lipinski definition) is 1. The molecule has 76 valence electrons. The van der Waals surface area contributed by atoms with Gasteiger partial charge in [0.25, 0.3) is 0 Å². The van der Waals surface area contributed by atoms with E-state index in [0.717, 1.165) is 11.8 Å². The highest BCUT2D eigenvalue weighted by molar-refractivity contribution is 4.81. The maximum Gasteiger partial charge on any atom is 0.00415 e. The van der Waals surface area contributed by atoms with Crippen molar-refractivity contribution in [3.05, 3.63) is 0 Å². The summed E-state index contributed by atoms with van der Waals surface area (Å²) in [7, 11) is 0. The second kappa shape index (κ2) is 4.45. The summed E-state index contributed by atoms with van der Waals surface area (Å²) in [4.78, 5) is 0. The first-order valence-corrected chi connectivity index (χ1v) is 6.12. The molecule has 2 fully saturated rings. The molecule has 2 aliphatic rings. The SMILES string of the molecule is NC1CCC[C@@H](C2CCCCC2)C1. The van der Waals surface area contributed by atoms with Gasteiger partial charge in [-0.3, -0.25) is 0 Å². The molecule has 0 spiro atoms. The highest BCUT2D eigenvalue weighted by Crippen LogP contribution is 2.37. The van der Waals surface area contributed by atoms with Crippen molar-refractivity contribution in [1.82, 2.24) is 0 Å². The first-order chi connectivity index (χ1) is 6.36. The molecule has 1 nitrogen and oxygen atoms in total. The summed E-state index contributed by atoms with van der Waals surface area (Å²) >= 11 is 0. The molecule has 0 aromatic rings. The lowest BCUT2D eigenvalue weighted by atomic mass is 9.72. The zero-order valence-electron chi connectivity index (χ0n) is 8.67. The minimum absolute atomic E-state index is 0.528. The van der Waals surface area contributed by atoms with Crippen LogP contribution in [0, 0.1) is 11.8 Å². The summed E-state index contributed by atoms with van der Waals surface area (Å²) in [6, 6.07) is 0.528. The van der Waals surface area contributed by atoms with E-state index in [0.29, 0.717) is 6.04 Å². The Kier molecular flexibility index (Phi) is 3.26. The Balaban J connectivity index is 1.83. The molecule has 2 rings (SSSR count). The maximum absolute atomic E-state index is 6.03. The molecule has 0 heterocycles. The van der Waals surface area contributed by atoms with Gasteiger partial charge in [0.1, 0.15) is 0 Å². The molecule has 0 aromatic heterocycles. The van der Waals surface area contributed by atoms with Gasteiger partial charge < -0.3 is 5.73 Å². The van der Waals surface area contributed by atoms with Crippen LogP contribution in [0.25, 0.3) is 0 Å². The van der Waals surface area contributed by atoms with Crippen LogP contribution in [0.5, 0.6) is 0 Å². The van der Waals surface area contributed by atoms with Crippen LogP contribution in [0.4, 0.5) is 0 Å². The molecule has 2 atom stereocenters. The predicted octanol–water partition coefficient (Wildman–Crippen LogP) is 3.08. The van der Waals surface area contributed by atoms with Gasteiger partial charge in [0.2, 0.25) is 0 Å². The van der Waals surface area contributed by atoms with Gasteiger partial charge in [-0.15, -0.1) is 0 Å². The van der Waals surface area contributed by atoms with E-state index in [9.17, 15) is 0 Å². The number of rotatable bonds is 1. The third-order valence-electron chi connectivity index (χ3n) is 4.07. The lowest BCUT2D eigenvalue weighted by molar-refractivity contribution is 0.184. The van der Waals surface area contributed by atoms with Gasteiger partial charge in [-0.2, -0.15) is 0 Å². The summed E-state index contributed by atoms with van der Waals surface area (Å²) in [5, 5.41) is 0. The fourth-order valence-corrected chi connectivity index (χ4v) is 3.30. The maximum atomic E-state index is 6.03. The van der Waals surface area contributed by atoms with E-state index in [4.69, 9.17) is 5.73 Å². The van der Waals surface area contributed by atoms with E-state index < -0.39 is 0 Å². The second-order valence-electron chi connectivity index (χ2n) is 5.08. The van der Waals surface area contributed by atoms with Crippen molar-refractivity contribution in [3.63, 3.8) is 0 Å². The molecule has 0 bridgehead atoms. The van der Waals surface area contributed by atoms with Crippen LogP contribution < -0.4 is 5.73 Å². The predicted molar refractivity (Wildman–Crippen MR) is 56.5 cm³/mol. The molecule has 2 saturated carbocycles. The Morgan fingerprint density at radius 2 is 1.38 bits per heavy atom. The van der Waals surface area contributed by atoms with Crippen molar-refractivity contribution in [1.29, 1.82) is 0 Å². The molecular weight excluding hydrogens is 158 g/mol. The lowest BCUT2D eigenvalue weighted by Gasteiger charge is -2.35. The van der Waals surface area contributed by atoms with E-state index in [-0.39, 0.29) is 0 Å². The molecular formula is C12H23N. The minimum atomic E-state index is 0.528. The zero-order valence-corrected chi connectivity index (χ0v) is 8.67. The Labute approximate surface area is 82.1 Å². The molecule has 0 aromatic carbocycles. The first-order valence-electron chi connectivity index (χ1n) is 6.12. The third-order valence-corrected chi connectivity index (χ3v) is 4.07. The highest BCUT2D eigenvalue weighted by Gasteiger charge is 2.27. The van der Waals surface area contributed by atoms with E-state index in [2.05, 4.69) is 0 Å². The Morgan fingerprint density at radius 1 is 0.692 bits per heavy atom. The van der Waals surface area contributed by atoms with Gasteiger partial charge in [-0.1, -0.05) is 44.9 Å². The highest BCUT2D eigenvalue weighted by atomic mass is 14.6. The van der Waals surface area contributed by atoms with Crippen LogP contribution in [-0.4, -0.2) is 6.04 Å². The standard InChI is InChI=1S/C12H23N/c13-12-8-4-7-11(9-12)10-5-2-1-3-6-10/h10-12H,1-9,13H2/t11-,12?/m1/s1. The van der Waals surface area contributed by atoms with Crippen LogP contribution in [0.15, 0.2) is 0 Å². The van der Waals surface area contributed by atoms with Crippen molar-refractivity contribution in [2.45, 2.75) is 63.8 Å². The molecule has 0 amide bonds. The van der Waals surface area contributed by atoms with Crippen LogP contribution in [0.2, 0.25) is 0 Å². The lowest BCUT2D eigenvalue weighted by Crippen LogP contribution is -2.32. The second-order valence-corrected chi connectivity index (χ2v) is 5.08.